The number of nitrogens with two attached hydrogens (primary N) is 1. The zero-order chi connectivity index (χ0) is 19.5. The normalized spacial score (nSPS) is 12.2. The molecule has 4 N–H and O–H groups in total. The molecule has 0 amide bonds. The Morgan fingerprint density at radius 2 is 2.07 bits per heavy atom. The van der Waals surface area contributed by atoms with Gasteiger partial charge in [-0.2, -0.15) is 5.10 Å². The molecule has 0 unspecified atom stereocenters. The van der Waals surface area contributed by atoms with Crippen molar-refractivity contribution >= 4 is 27.4 Å². The van der Waals surface area contributed by atoms with Crippen molar-refractivity contribution in [3.05, 3.63) is 54.0 Å². The van der Waals surface area contributed by atoms with Gasteiger partial charge in [0.15, 0.2) is 5.01 Å². The van der Waals surface area contributed by atoms with E-state index in [0.717, 1.165) is 16.7 Å². The van der Waals surface area contributed by atoms with Crippen LogP contribution >= 0.6 is 11.3 Å². The Bertz CT molecular complexity index is 1080. The molecule has 7 nitrogen and oxygen atoms in total. The van der Waals surface area contributed by atoms with Crippen molar-refractivity contribution in [3.8, 4) is 16.3 Å². The van der Waals surface area contributed by atoms with Gasteiger partial charge in [0.05, 0.1) is 18.8 Å². The summed E-state index contributed by atoms with van der Waals surface area (Å²) in [7, 11) is 1.64. The van der Waals surface area contributed by atoms with Gasteiger partial charge in [-0.15, -0.1) is 10.2 Å². The van der Waals surface area contributed by atoms with Gasteiger partial charge in [-0.3, -0.25) is 5.10 Å². The molecular formula is C19H19FN6OS. The van der Waals surface area contributed by atoms with Gasteiger partial charge < -0.3 is 15.8 Å². The highest BCUT2D eigenvalue weighted by atomic mass is 32.1. The fraction of sp³-hybridized carbons (Fsp3) is 0.211. The van der Waals surface area contributed by atoms with Gasteiger partial charge in [0.2, 0.25) is 5.13 Å². The molecular weight excluding hydrogens is 379 g/mol. The number of aromatic nitrogens is 4. The zero-order valence-electron chi connectivity index (χ0n) is 15.1. The van der Waals surface area contributed by atoms with Gasteiger partial charge in [0.25, 0.3) is 0 Å². The highest BCUT2D eigenvalue weighted by Gasteiger charge is 2.14. The van der Waals surface area contributed by atoms with E-state index in [9.17, 15) is 4.39 Å². The Morgan fingerprint density at radius 1 is 1.25 bits per heavy atom. The number of hydrogen-bond acceptors (Lipinski definition) is 7. The Hall–Kier alpha value is -3.04. The van der Waals surface area contributed by atoms with Crippen molar-refractivity contribution in [1.82, 2.24) is 20.4 Å². The van der Waals surface area contributed by atoms with Crippen LogP contribution in [0.1, 0.15) is 5.56 Å². The number of nitrogens with zero attached hydrogens (tertiary/aromatic N) is 3. The van der Waals surface area contributed by atoms with Gasteiger partial charge in [-0.25, -0.2) is 4.39 Å². The van der Waals surface area contributed by atoms with Crippen LogP contribution in [0.25, 0.3) is 21.5 Å². The van der Waals surface area contributed by atoms with Crippen LogP contribution in [0, 0.1) is 5.82 Å². The van der Waals surface area contributed by atoms with E-state index in [0.29, 0.717) is 34.2 Å². The lowest BCUT2D eigenvalue weighted by molar-refractivity contribution is 0.414. The molecule has 0 aliphatic rings. The number of halogens is 1. The molecule has 28 heavy (non-hydrogen) atoms. The van der Waals surface area contributed by atoms with Crippen LogP contribution in [0.2, 0.25) is 0 Å². The molecule has 144 valence electrons. The number of nitrogens with one attached hydrogen (secondary N) is 2. The molecule has 0 aliphatic heterocycles. The maximum absolute atomic E-state index is 14.3. The summed E-state index contributed by atoms with van der Waals surface area (Å²) >= 11 is 1.29. The average Bonchev–Trinajstić information content (AvgIpc) is 3.35. The lowest BCUT2D eigenvalue weighted by atomic mass is 10.1. The first-order valence-corrected chi connectivity index (χ1v) is 9.53. The van der Waals surface area contributed by atoms with Crippen molar-refractivity contribution in [3.63, 3.8) is 0 Å². The fourth-order valence-corrected chi connectivity index (χ4v) is 3.66. The van der Waals surface area contributed by atoms with Crippen LogP contribution in [0.4, 0.5) is 9.52 Å². The molecule has 2 aromatic carbocycles. The minimum Gasteiger partial charge on any atom is -0.497 e. The Labute approximate surface area is 164 Å². The third-order valence-electron chi connectivity index (χ3n) is 4.36. The third-order valence-corrected chi connectivity index (χ3v) is 5.27. The summed E-state index contributed by atoms with van der Waals surface area (Å²) in [6, 6.07) is 10.9. The van der Waals surface area contributed by atoms with Crippen LogP contribution in [-0.4, -0.2) is 40.1 Å². The van der Waals surface area contributed by atoms with E-state index < -0.39 is 0 Å². The number of fused-ring (bicyclic) bond motifs is 1. The van der Waals surface area contributed by atoms with Crippen LogP contribution in [0.5, 0.6) is 5.75 Å². The summed E-state index contributed by atoms with van der Waals surface area (Å²) in [5, 5.41) is 20.0. The van der Waals surface area contributed by atoms with Crippen molar-refractivity contribution < 1.29 is 9.13 Å². The molecule has 2 heterocycles. The summed E-state index contributed by atoms with van der Waals surface area (Å²) < 4.78 is 19.5. The standard InChI is InChI=1S/C19H19FN6OS/c1-27-14-4-2-11(3-5-14)6-13(21)10-22-19-26-25-18(28-19)15-7-12-9-23-24-17(12)8-16(15)20/h2-5,7-9,13H,6,10,21H2,1H3,(H,22,26)(H,23,24)/t13-/m0/s1. The van der Waals surface area contributed by atoms with Crippen LogP contribution in [0.3, 0.4) is 0 Å². The minimum atomic E-state index is -0.365. The highest BCUT2D eigenvalue weighted by molar-refractivity contribution is 7.18. The van der Waals surface area contributed by atoms with E-state index in [1.807, 2.05) is 24.3 Å². The molecule has 0 aliphatic carbocycles. The summed E-state index contributed by atoms with van der Waals surface area (Å²) in [6.45, 7) is 0.532. The monoisotopic (exact) mass is 398 g/mol. The number of anilines is 1. The van der Waals surface area contributed by atoms with Gasteiger partial charge in [-0.05, 0) is 30.2 Å². The summed E-state index contributed by atoms with van der Waals surface area (Å²) in [6.07, 6.45) is 2.37. The van der Waals surface area contributed by atoms with E-state index in [2.05, 4.69) is 25.7 Å². The molecule has 0 spiro atoms. The maximum atomic E-state index is 14.3. The number of ether oxygens (including phenoxy) is 1. The molecule has 0 saturated heterocycles. The van der Waals surface area contributed by atoms with E-state index in [1.54, 1.807) is 19.4 Å². The first-order chi connectivity index (χ1) is 13.6. The molecule has 0 bridgehead atoms. The molecule has 1 atom stereocenters. The van der Waals surface area contributed by atoms with E-state index in [-0.39, 0.29) is 11.9 Å². The van der Waals surface area contributed by atoms with Gasteiger partial charge >= 0.3 is 0 Å². The van der Waals surface area contributed by atoms with Gasteiger partial charge in [-0.1, -0.05) is 23.5 Å². The molecule has 4 aromatic rings. The Balaban J connectivity index is 1.39. The number of benzene rings is 2. The van der Waals surface area contributed by atoms with Crippen molar-refractivity contribution in [1.29, 1.82) is 0 Å². The van der Waals surface area contributed by atoms with Crippen LogP contribution in [0.15, 0.2) is 42.6 Å². The highest BCUT2D eigenvalue weighted by Crippen LogP contribution is 2.31. The van der Waals surface area contributed by atoms with Crippen LogP contribution in [-0.2, 0) is 6.42 Å². The van der Waals surface area contributed by atoms with Crippen molar-refractivity contribution in [2.45, 2.75) is 12.5 Å². The van der Waals surface area contributed by atoms with Gasteiger partial charge in [0.1, 0.15) is 11.6 Å². The lowest BCUT2D eigenvalue weighted by Gasteiger charge is -2.12. The summed E-state index contributed by atoms with van der Waals surface area (Å²) in [4.78, 5) is 0. The quantitative estimate of drug-likeness (QED) is 0.442. The SMILES string of the molecule is COc1ccc(C[C@H](N)CNc2nnc(-c3cc4cn[nH]c4cc3F)s2)cc1. The number of methoxy groups -OCH3 is 1. The summed E-state index contributed by atoms with van der Waals surface area (Å²) in [5.41, 5.74) is 8.39. The smallest absolute Gasteiger partial charge is 0.206 e. The maximum Gasteiger partial charge on any atom is 0.206 e. The van der Waals surface area contributed by atoms with E-state index in [1.165, 1.54) is 17.4 Å². The zero-order valence-corrected chi connectivity index (χ0v) is 16.0. The third kappa shape index (κ3) is 3.95. The molecule has 2 aromatic heterocycles. The van der Waals surface area contributed by atoms with Crippen molar-refractivity contribution in [2.24, 2.45) is 5.73 Å². The summed E-state index contributed by atoms with van der Waals surface area (Å²) in [5.74, 6) is 0.452. The molecule has 9 heteroatoms. The number of aromatic amines is 1. The molecule has 4 rings (SSSR count). The van der Waals surface area contributed by atoms with Gasteiger partial charge in [0, 0.05) is 29.6 Å². The molecule has 0 fully saturated rings. The first kappa shape index (κ1) is 18.3. The average molecular weight is 398 g/mol. The fourth-order valence-electron chi connectivity index (χ4n) is 2.89. The largest absolute Gasteiger partial charge is 0.497 e. The van der Waals surface area contributed by atoms with Crippen LogP contribution < -0.4 is 15.8 Å². The predicted molar refractivity (Wildman–Crippen MR) is 108 cm³/mol. The number of rotatable bonds is 7. The second-order valence-corrected chi connectivity index (χ2v) is 7.37. The predicted octanol–water partition coefficient (Wildman–Crippen LogP) is 3.21. The number of H-pyrrole nitrogens is 1. The topological polar surface area (TPSA) is 102 Å². The molecule has 0 radical (unpaired) electrons. The van der Waals surface area contributed by atoms with E-state index >= 15 is 0 Å². The minimum absolute atomic E-state index is 0.0974. The van der Waals surface area contributed by atoms with Crippen molar-refractivity contribution in [2.75, 3.05) is 19.0 Å². The second kappa shape index (κ2) is 7.91. The Morgan fingerprint density at radius 3 is 2.86 bits per heavy atom. The van der Waals surface area contributed by atoms with E-state index in [4.69, 9.17) is 10.5 Å². The first-order valence-electron chi connectivity index (χ1n) is 8.71. The molecule has 0 saturated carbocycles. The number of hydrogen-bond donors (Lipinski definition) is 3. The Kier molecular flexibility index (Phi) is 5.18. The lowest BCUT2D eigenvalue weighted by Crippen LogP contribution is -2.31. The second-order valence-electron chi connectivity index (χ2n) is 6.39.